The predicted molar refractivity (Wildman–Crippen MR) is 66.3 cm³/mol. The summed E-state index contributed by atoms with van der Waals surface area (Å²) in [6, 6.07) is 0. The van der Waals surface area contributed by atoms with E-state index in [1.54, 1.807) is 7.11 Å². The Morgan fingerprint density at radius 2 is 1.88 bits per heavy atom. The number of ether oxygens (including phenoxy) is 1. The monoisotopic (exact) mass is 265 g/mol. The molecule has 0 atom stereocenters. The molecule has 0 aromatic rings. The van der Waals surface area contributed by atoms with Crippen molar-refractivity contribution in [2.24, 2.45) is 0 Å². The summed E-state index contributed by atoms with van der Waals surface area (Å²) in [6.45, 7) is 0.722. The van der Waals surface area contributed by atoms with Crippen molar-refractivity contribution in [2.75, 3.05) is 33.4 Å². The van der Waals surface area contributed by atoms with E-state index in [4.69, 9.17) is 9.84 Å². The molecular weight excluding hydrogens is 242 g/mol. The van der Waals surface area contributed by atoms with E-state index in [1.807, 2.05) is 0 Å². The minimum Gasteiger partial charge on any atom is -0.395 e. The van der Waals surface area contributed by atoms with Gasteiger partial charge in [-0.25, -0.2) is 8.42 Å². The standard InChI is InChI=1S/C11H23NO4S/c1-16-10-8-12(7-9-13)17(14,15)11-5-3-2-4-6-11/h11,13H,2-10H2,1H3. The highest BCUT2D eigenvalue weighted by Crippen LogP contribution is 2.25. The zero-order valence-corrected chi connectivity index (χ0v) is 11.3. The molecule has 1 aliphatic carbocycles. The third kappa shape index (κ3) is 4.21. The lowest BCUT2D eigenvalue weighted by Gasteiger charge is -2.29. The second-order valence-electron chi connectivity index (χ2n) is 4.42. The number of aliphatic hydroxyl groups is 1. The van der Waals surface area contributed by atoms with Gasteiger partial charge in [0.15, 0.2) is 0 Å². The smallest absolute Gasteiger partial charge is 0.217 e. The molecule has 102 valence electrons. The molecule has 1 fully saturated rings. The maximum atomic E-state index is 12.3. The topological polar surface area (TPSA) is 66.8 Å². The van der Waals surface area contributed by atoms with Gasteiger partial charge in [0.25, 0.3) is 0 Å². The predicted octanol–water partition coefficient (Wildman–Crippen LogP) is 0.590. The van der Waals surface area contributed by atoms with Gasteiger partial charge in [-0.15, -0.1) is 0 Å². The van der Waals surface area contributed by atoms with Crippen LogP contribution in [0.4, 0.5) is 0 Å². The highest BCUT2D eigenvalue weighted by Gasteiger charge is 2.32. The molecule has 1 rings (SSSR count). The Hall–Kier alpha value is -0.170. The Labute approximate surface area is 104 Å². The number of nitrogens with zero attached hydrogens (tertiary/aromatic N) is 1. The molecule has 0 heterocycles. The number of hydrogen-bond donors (Lipinski definition) is 1. The van der Waals surface area contributed by atoms with Crippen LogP contribution in [-0.2, 0) is 14.8 Å². The van der Waals surface area contributed by atoms with E-state index in [2.05, 4.69) is 0 Å². The van der Waals surface area contributed by atoms with Crippen LogP contribution in [0.1, 0.15) is 32.1 Å². The number of rotatable bonds is 7. The molecule has 6 heteroatoms. The molecule has 1 aliphatic rings. The summed E-state index contributed by atoms with van der Waals surface area (Å²) >= 11 is 0. The fourth-order valence-electron chi connectivity index (χ4n) is 2.24. The molecule has 1 saturated carbocycles. The summed E-state index contributed by atoms with van der Waals surface area (Å²) in [6.07, 6.45) is 4.60. The van der Waals surface area contributed by atoms with Crippen LogP contribution in [-0.4, -0.2) is 56.5 Å². The molecular formula is C11H23NO4S. The lowest BCUT2D eigenvalue weighted by Crippen LogP contribution is -2.42. The van der Waals surface area contributed by atoms with Crippen molar-refractivity contribution in [1.29, 1.82) is 0 Å². The molecule has 0 unspecified atom stereocenters. The van der Waals surface area contributed by atoms with E-state index < -0.39 is 10.0 Å². The van der Waals surface area contributed by atoms with E-state index in [0.29, 0.717) is 13.2 Å². The van der Waals surface area contributed by atoms with Gasteiger partial charge in [-0.05, 0) is 12.8 Å². The van der Waals surface area contributed by atoms with Crippen molar-refractivity contribution in [3.8, 4) is 0 Å². The Morgan fingerprint density at radius 3 is 2.41 bits per heavy atom. The van der Waals surface area contributed by atoms with Crippen molar-refractivity contribution in [1.82, 2.24) is 4.31 Å². The van der Waals surface area contributed by atoms with Gasteiger partial charge in [0.1, 0.15) is 0 Å². The largest absolute Gasteiger partial charge is 0.395 e. The van der Waals surface area contributed by atoms with Gasteiger partial charge in [0.2, 0.25) is 10.0 Å². The lowest BCUT2D eigenvalue weighted by atomic mass is 10.0. The number of hydrogen-bond acceptors (Lipinski definition) is 4. The van der Waals surface area contributed by atoms with Crippen LogP contribution in [0.5, 0.6) is 0 Å². The average molecular weight is 265 g/mol. The van der Waals surface area contributed by atoms with Gasteiger partial charge in [0, 0.05) is 20.2 Å². The van der Waals surface area contributed by atoms with Crippen molar-refractivity contribution >= 4 is 10.0 Å². The first-order valence-electron chi connectivity index (χ1n) is 6.21. The Bertz CT molecular complexity index is 299. The summed E-state index contributed by atoms with van der Waals surface area (Å²) in [4.78, 5) is 0. The summed E-state index contributed by atoms with van der Waals surface area (Å²) in [5, 5.41) is 8.69. The maximum absolute atomic E-state index is 12.3. The van der Waals surface area contributed by atoms with E-state index >= 15 is 0 Å². The van der Waals surface area contributed by atoms with Gasteiger partial charge in [-0.3, -0.25) is 0 Å². The maximum Gasteiger partial charge on any atom is 0.217 e. The average Bonchev–Trinajstić information content (AvgIpc) is 2.35. The lowest BCUT2D eigenvalue weighted by molar-refractivity contribution is 0.167. The van der Waals surface area contributed by atoms with Gasteiger partial charge in [0.05, 0.1) is 18.5 Å². The second kappa shape index (κ2) is 7.31. The van der Waals surface area contributed by atoms with Crippen molar-refractivity contribution in [2.45, 2.75) is 37.4 Å². The molecule has 0 aromatic heterocycles. The number of aliphatic hydroxyl groups excluding tert-OH is 1. The van der Waals surface area contributed by atoms with Crippen LogP contribution in [0.25, 0.3) is 0 Å². The molecule has 5 nitrogen and oxygen atoms in total. The summed E-state index contributed by atoms with van der Waals surface area (Å²) < 4.78 is 31.0. The summed E-state index contributed by atoms with van der Waals surface area (Å²) in [5.74, 6) is 0. The Balaban J connectivity index is 2.67. The normalized spacial score (nSPS) is 18.8. The molecule has 17 heavy (non-hydrogen) atoms. The van der Waals surface area contributed by atoms with Crippen molar-refractivity contribution in [3.63, 3.8) is 0 Å². The highest BCUT2D eigenvalue weighted by atomic mass is 32.2. The Kier molecular flexibility index (Phi) is 6.40. The quantitative estimate of drug-likeness (QED) is 0.731. The van der Waals surface area contributed by atoms with Crippen molar-refractivity contribution in [3.05, 3.63) is 0 Å². The van der Waals surface area contributed by atoms with Gasteiger partial charge in [-0.2, -0.15) is 4.31 Å². The highest BCUT2D eigenvalue weighted by molar-refractivity contribution is 7.89. The van der Waals surface area contributed by atoms with Crippen LogP contribution < -0.4 is 0 Å². The minimum absolute atomic E-state index is 0.143. The van der Waals surface area contributed by atoms with Crippen molar-refractivity contribution < 1.29 is 18.3 Å². The van der Waals surface area contributed by atoms with Crippen LogP contribution in [0.3, 0.4) is 0 Å². The van der Waals surface area contributed by atoms with Gasteiger partial charge >= 0.3 is 0 Å². The minimum atomic E-state index is -3.27. The third-order valence-corrected chi connectivity index (χ3v) is 5.63. The van der Waals surface area contributed by atoms with E-state index in [9.17, 15) is 8.42 Å². The van der Waals surface area contributed by atoms with E-state index in [1.165, 1.54) is 4.31 Å². The number of sulfonamides is 1. The summed E-state index contributed by atoms with van der Waals surface area (Å²) in [5.41, 5.74) is 0. The third-order valence-electron chi connectivity index (χ3n) is 3.23. The molecule has 0 aromatic carbocycles. The van der Waals surface area contributed by atoms with Crippen LogP contribution in [0.2, 0.25) is 0 Å². The first kappa shape index (κ1) is 14.9. The molecule has 0 saturated heterocycles. The van der Waals surface area contributed by atoms with E-state index in [0.717, 1.165) is 32.1 Å². The summed E-state index contributed by atoms with van der Waals surface area (Å²) in [7, 11) is -1.72. The van der Waals surface area contributed by atoms with Gasteiger partial charge < -0.3 is 9.84 Å². The molecule has 0 radical (unpaired) electrons. The van der Waals surface area contributed by atoms with Gasteiger partial charge in [-0.1, -0.05) is 19.3 Å². The second-order valence-corrected chi connectivity index (χ2v) is 6.63. The zero-order valence-electron chi connectivity index (χ0n) is 10.5. The Morgan fingerprint density at radius 1 is 1.24 bits per heavy atom. The van der Waals surface area contributed by atoms with Crippen LogP contribution in [0.15, 0.2) is 0 Å². The zero-order chi connectivity index (χ0) is 12.7. The van der Waals surface area contributed by atoms with Crippen LogP contribution in [0, 0.1) is 0 Å². The molecule has 0 spiro atoms. The first-order valence-corrected chi connectivity index (χ1v) is 7.72. The fourth-order valence-corrected chi connectivity index (χ4v) is 4.26. The molecule has 0 aliphatic heterocycles. The number of methoxy groups -OCH3 is 1. The molecule has 0 bridgehead atoms. The van der Waals surface area contributed by atoms with E-state index in [-0.39, 0.29) is 18.4 Å². The van der Waals surface area contributed by atoms with Crippen LogP contribution >= 0.6 is 0 Å². The molecule has 1 N–H and O–H groups in total. The first-order chi connectivity index (χ1) is 8.12. The molecule has 0 amide bonds. The SMILES string of the molecule is COCCN(CCO)S(=O)(=O)C1CCCCC1. The fraction of sp³-hybridized carbons (Fsp3) is 1.00.